The van der Waals surface area contributed by atoms with Gasteiger partial charge in [0.2, 0.25) is 10.0 Å². The second-order valence-corrected chi connectivity index (χ2v) is 6.40. The lowest BCUT2D eigenvalue weighted by atomic mass is 10.2. The Labute approximate surface area is 112 Å². The molecule has 0 radical (unpaired) electrons. The fraction of sp³-hybridized carbons (Fsp3) is 0.500. The van der Waals surface area contributed by atoms with Crippen molar-refractivity contribution in [2.45, 2.75) is 30.9 Å². The van der Waals surface area contributed by atoms with E-state index in [-0.39, 0.29) is 23.5 Å². The average Bonchev–Trinajstić information content (AvgIpc) is 2.35. The minimum atomic E-state index is -3.80. The van der Waals surface area contributed by atoms with Gasteiger partial charge in [-0.2, -0.15) is 0 Å². The SMILES string of the molecule is CC(O)CCN(C)S(=O)(=O)c1cccc(F)c1CN. The molecule has 1 aromatic carbocycles. The van der Waals surface area contributed by atoms with Crippen LogP contribution >= 0.6 is 0 Å². The molecule has 108 valence electrons. The van der Waals surface area contributed by atoms with Crippen molar-refractivity contribution in [2.75, 3.05) is 13.6 Å². The molecule has 7 heteroatoms. The van der Waals surface area contributed by atoms with E-state index in [1.54, 1.807) is 6.92 Å². The van der Waals surface area contributed by atoms with E-state index >= 15 is 0 Å². The number of hydrogen-bond donors (Lipinski definition) is 2. The van der Waals surface area contributed by atoms with E-state index in [1.165, 1.54) is 25.2 Å². The van der Waals surface area contributed by atoms with Gasteiger partial charge in [0.05, 0.1) is 11.0 Å². The quantitative estimate of drug-likeness (QED) is 0.807. The second kappa shape index (κ2) is 6.42. The smallest absolute Gasteiger partial charge is 0.243 e. The Morgan fingerprint density at radius 3 is 2.63 bits per heavy atom. The maximum atomic E-state index is 13.6. The molecule has 0 saturated heterocycles. The van der Waals surface area contributed by atoms with Crippen molar-refractivity contribution in [3.8, 4) is 0 Å². The fourth-order valence-corrected chi connectivity index (χ4v) is 3.06. The van der Waals surface area contributed by atoms with Gasteiger partial charge in [0.25, 0.3) is 0 Å². The molecule has 0 aliphatic rings. The molecule has 0 fully saturated rings. The number of aliphatic hydroxyl groups excluding tert-OH is 1. The zero-order chi connectivity index (χ0) is 14.6. The van der Waals surface area contributed by atoms with E-state index in [4.69, 9.17) is 5.73 Å². The van der Waals surface area contributed by atoms with Crippen molar-refractivity contribution in [2.24, 2.45) is 5.73 Å². The maximum absolute atomic E-state index is 13.6. The highest BCUT2D eigenvalue weighted by molar-refractivity contribution is 7.89. The van der Waals surface area contributed by atoms with Crippen LogP contribution in [0.4, 0.5) is 4.39 Å². The molecule has 0 amide bonds. The highest BCUT2D eigenvalue weighted by Crippen LogP contribution is 2.21. The van der Waals surface area contributed by atoms with Crippen molar-refractivity contribution >= 4 is 10.0 Å². The van der Waals surface area contributed by atoms with Crippen LogP contribution in [0.15, 0.2) is 23.1 Å². The lowest BCUT2D eigenvalue weighted by Gasteiger charge is -2.19. The number of sulfonamides is 1. The Morgan fingerprint density at radius 2 is 2.11 bits per heavy atom. The summed E-state index contributed by atoms with van der Waals surface area (Å²) >= 11 is 0. The third-order valence-electron chi connectivity index (χ3n) is 2.83. The number of aliphatic hydroxyl groups is 1. The Morgan fingerprint density at radius 1 is 1.47 bits per heavy atom. The molecule has 0 heterocycles. The standard InChI is InChI=1S/C12H19FN2O3S/c1-9(16)6-7-15(2)19(17,18)12-5-3-4-11(13)10(12)8-14/h3-5,9,16H,6-8,14H2,1-2H3. The lowest BCUT2D eigenvalue weighted by molar-refractivity contribution is 0.177. The Balaban J connectivity index is 3.10. The first kappa shape index (κ1) is 16.0. The van der Waals surface area contributed by atoms with Gasteiger partial charge in [-0.3, -0.25) is 0 Å². The summed E-state index contributed by atoms with van der Waals surface area (Å²) in [6.45, 7) is 1.54. The first-order valence-corrected chi connectivity index (χ1v) is 7.36. The molecule has 3 N–H and O–H groups in total. The van der Waals surface area contributed by atoms with E-state index in [0.29, 0.717) is 6.42 Å². The largest absolute Gasteiger partial charge is 0.393 e. The number of rotatable bonds is 6. The minimum Gasteiger partial charge on any atom is -0.393 e. The van der Waals surface area contributed by atoms with E-state index in [0.717, 1.165) is 4.31 Å². The van der Waals surface area contributed by atoms with Crippen LogP contribution in [-0.2, 0) is 16.6 Å². The highest BCUT2D eigenvalue weighted by atomic mass is 32.2. The first-order valence-electron chi connectivity index (χ1n) is 5.92. The molecular formula is C12H19FN2O3S. The number of nitrogens with zero attached hydrogens (tertiary/aromatic N) is 1. The second-order valence-electron chi connectivity index (χ2n) is 4.38. The van der Waals surface area contributed by atoms with Crippen LogP contribution in [0.1, 0.15) is 18.9 Å². The lowest BCUT2D eigenvalue weighted by Crippen LogP contribution is -2.30. The number of nitrogens with two attached hydrogens (primary N) is 1. The normalized spacial score (nSPS) is 13.8. The van der Waals surface area contributed by atoms with Gasteiger partial charge in [-0.05, 0) is 25.5 Å². The minimum absolute atomic E-state index is 0.0219. The first-order chi connectivity index (χ1) is 8.80. The number of benzene rings is 1. The summed E-state index contributed by atoms with van der Waals surface area (Å²) in [5.74, 6) is -0.632. The third kappa shape index (κ3) is 3.73. The molecular weight excluding hydrogens is 271 g/mol. The van der Waals surface area contributed by atoms with Crippen LogP contribution in [0.25, 0.3) is 0 Å². The third-order valence-corrected chi connectivity index (χ3v) is 4.77. The molecule has 0 aliphatic heterocycles. The molecule has 0 spiro atoms. The number of halogens is 1. The Hall–Kier alpha value is -1.02. The summed E-state index contributed by atoms with van der Waals surface area (Å²) < 4.78 is 39.2. The molecule has 0 aromatic heterocycles. The zero-order valence-electron chi connectivity index (χ0n) is 11.0. The van der Waals surface area contributed by atoms with Gasteiger partial charge >= 0.3 is 0 Å². The van der Waals surface area contributed by atoms with Gasteiger partial charge in [0, 0.05) is 25.7 Å². The van der Waals surface area contributed by atoms with E-state index in [2.05, 4.69) is 0 Å². The van der Waals surface area contributed by atoms with Crippen molar-refractivity contribution < 1.29 is 17.9 Å². The topological polar surface area (TPSA) is 83.6 Å². The summed E-state index contributed by atoms with van der Waals surface area (Å²) in [7, 11) is -2.41. The average molecular weight is 290 g/mol. The van der Waals surface area contributed by atoms with Crippen molar-refractivity contribution in [3.05, 3.63) is 29.6 Å². The van der Waals surface area contributed by atoms with Crippen LogP contribution in [0.3, 0.4) is 0 Å². The molecule has 0 bridgehead atoms. The van der Waals surface area contributed by atoms with Gasteiger partial charge in [0.15, 0.2) is 0 Å². The summed E-state index contributed by atoms with van der Waals surface area (Å²) in [5.41, 5.74) is 5.39. The molecule has 1 aromatic rings. The predicted octanol–water partition coefficient (Wildman–Crippen LogP) is 0.676. The predicted molar refractivity (Wildman–Crippen MR) is 70.4 cm³/mol. The Bertz CT molecular complexity index is 532. The molecule has 1 atom stereocenters. The molecule has 1 unspecified atom stereocenters. The molecule has 1 rings (SSSR count). The van der Waals surface area contributed by atoms with Crippen LogP contribution in [0, 0.1) is 5.82 Å². The summed E-state index contributed by atoms with van der Waals surface area (Å²) in [6, 6.07) is 3.85. The zero-order valence-corrected chi connectivity index (χ0v) is 11.8. The van der Waals surface area contributed by atoms with Crippen LogP contribution < -0.4 is 5.73 Å². The van der Waals surface area contributed by atoms with Crippen LogP contribution in [0.5, 0.6) is 0 Å². The van der Waals surface area contributed by atoms with Gasteiger partial charge in [-0.25, -0.2) is 17.1 Å². The van der Waals surface area contributed by atoms with Crippen LogP contribution in [-0.4, -0.2) is 37.5 Å². The monoisotopic (exact) mass is 290 g/mol. The maximum Gasteiger partial charge on any atom is 0.243 e. The summed E-state index contributed by atoms with van der Waals surface area (Å²) in [5, 5.41) is 9.18. The molecule has 0 aliphatic carbocycles. The van der Waals surface area contributed by atoms with Gasteiger partial charge in [-0.1, -0.05) is 6.07 Å². The van der Waals surface area contributed by atoms with Crippen molar-refractivity contribution in [3.63, 3.8) is 0 Å². The molecule has 5 nitrogen and oxygen atoms in total. The summed E-state index contributed by atoms with van der Waals surface area (Å²) in [6.07, 6.45) is -0.289. The number of hydrogen-bond acceptors (Lipinski definition) is 4. The van der Waals surface area contributed by atoms with Crippen LogP contribution in [0.2, 0.25) is 0 Å². The highest BCUT2D eigenvalue weighted by Gasteiger charge is 2.25. The fourth-order valence-electron chi connectivity index (χ4n) is 1.64. The van der Waals surface area contributed by atoms with Crippen molar-refractivity contribution in [1.29, 1.82) is 0 Å². The Kier molecular flexibility index (Phi) is 5.42. The van der Waals surface area contributed by atoms with Crippen molar-refractivity contribution in [1.82, 2.24) is 4.31 Å². The van der Waals surface area contributed by atoms with Gasteiger partial charge in [0.1, 0.15) is 5.82 Å². The van der Waals surface area contributed by atoms with E-state index < -0.39 is 21.9 Å². The molecule has 19 heavy (non-hydrogen) atoms. The molecule has 0 saturated carbocycles. The summed E-state index contributed by atoms with van der Waals surface area (Å²) in [4.78, 5) is -0.122. The van der Waals surface area contributed by atoms with E-state index in [1.807, 2.05) is 0 Å². The van der Waals surface area contributed by atoms with Gasteiger partial charge in [-0.15, -0.1) is 0 Å². The van der Waals surface area contributed by atoms with E-state index in [9.17, 15) is 17.9 Å². The van der Waals surface area contributed by atoms with Gasteiger partial charge < -0.3 is 10.8 Å².